The van der Waals surface area contributed by atoms with E-state index in [9.17, 15) is 9.59 Å². The molecule has 0 aliphatic carbocycles. The van der Waals surface area contributed by atoms with Gasteiger partial charge in [0.1, 0.15) is 11.5 Å². The number of hydrazone groups is 1. The average molecular weight is 475 g/mol. The van der Waals surface area contributed by atoms with Gasteiger partial charge < -0.3 is 9.47 Å². The molecule has 0 aliphatic heterocycles. The first-order valence-corrected chi connectivity index (χ1v) is 11.3. The van der Waals surface area contributed by atoms with Gasteiger partial charge in [0.05, 0.1) is 18.9 Å². The number of amides is 1. The van der Waals surface area contributed by atoms with Gasteiger partial charge in [0.25, 0.3) is 5.91 Å². The van der Waals surface area contributed by atoms with Crippen LogP contribution in [-0.4, -0.2) is 25.2 Å². The molecule has 5 aromatic carbocycles. The lowest BCUT2D eigenvalue weighted by Gasteiger charge is -2.11. The number of nitrogens with one attached hydrogen (secondary N) is 1. The van der Waals surface area contributed by atoms with Crippen LogP contribution in [0.4, 0.5) is 0 Å². The fourth-order valence-corrected chi connectivity index (χ4v) is 4.02. The van der Waals surface area contributed by atoms with Gasteiger partial charge in [-0.2, -0.15) is 5.10 Å². The molecule has 0 heterocycles. The van der Waals surface area contributed by atoms with Gasteiger partial charge in [0.2, 0.25) is 0 Å². The molecule has 5 rings (SSSR count). The summed E-state index contributed by atoms with van der Waals surface area (Å²) in [6, 6.07) is 31.2. The number of methoxy groups -OCH3 is 1. The van der Waals surface area contributed by atoms with Crippen molar-refractivity contribution in [3.63, 3.8) is 0 Å². The standard InChI is InChI=1S/C30H22N2O4/c1-35-23-16-13-22(14-17-23)30(34)36-28-18-15-21-8-3-5-11-25(21)27(28)19-31-32-29(33)26-12-6-9-20-7-2-4-10-24(20)26/h2-19H,1H3,(H,32,33). The molecular formula is C30H22N2O4. The van der Waals surface area contributed by atoms with Crippen molar-refractivity contribution in [3.05, 3.63) is 120 Å². The second kappa shape index (κ2) is 10.1. The molecule has 1 amide bonds. The number of fused-ring (bicyclic) bond motifs is 2. The fourth-order valence-electron chi connectivity index (χ4n) is 4.02. The predicted octanol–water partition coefficient (Wildman–Crippen LogP) is 5.98. The largest absolute Gasteiger partial charge is 0.497 e. The summed E-state index contributed by atoms with van der Waals surface area (Å²) in [7, 11) is 1.56. The van der Waals surface area contributed by atoms with Gasteiger partial charge in [0, 0.05) is 11.1 Å². The van der Waals surface area contributed by atoms with E-state index in [1.54, 1.807) is 43.5 Å². The number of hydrogen-bond acceptors (Lipinski definition) is 5. The molecule has 1 N–H and O–H groups in total. The Bertz CT molecular complexity index is 1600. The molecule has 0 bridgehead atoms. The lowest BCUT2D eigenvalue weighted by atomic mass is 10.0. The van der Waals surface area contributed by atoms with Crippen LogP contribution in [0.5, 0.6) is 11.5 Å². The highest BCUT2D eigenvalue weighted by molar-refractivity contribution is 6.08. The van der Waals surface area contributed by atoms with Gasteiger partial charge >= 0.3 is 5.97 Å². The summed E-state index contributed by atoms with van der Waals surface area (Å²) >= 11 is 0. The summed E-state index contributed by atoms with van der Waals surface area (Å²) in [5.41, 5.74) is 4.09. The van der Waals surface area contributed by atoms with Gasteiger partial charge in [-0.15, -0.1) is 0 Å². The third kappa shape index (κ3) is 4.65. The molecule has 0 saturated heterocycles. The van der Waals surface area contributed by atoms with Crippen molar-refractivity contribution in [2.75, 3.05) is 7.11 Å². The highest BCUT2D eigenvalue weighted by Gasteiger charge is 2.14. The molecule has 0 unspecified atom stereocenters. The number of ether oxygens (including phenoxy) is 2. The Labute approximate surface area is 207 Å². The molecule has 36 heavy (non-hydrogen) atoms. The van der Waals surface area contributed by atoms with Crippen LogP contribution >= 0.6 is 0 Å². The van der Waals surface area contributed by atoms with Crippen molar-refractivity contribution in [2.45, 2.75) is 0 Å². The third-order valence-electron chi connectivity index (χ3n) is 5.85. The molecule has 6 nitrogen and oxygen atoms in total. The summed E-state index contributed by atoms with van der Waals surface area (Å²) in [6.45, 7) is 0. The van der Waals surface area contributed by atoms with Crippen molar-refractivity contribution in [3.8, 4) is 11.5 Å². The zero-order chi connectivity index (χ0) is 24.9. The zero-order valence-electron chi connectivity index (χ0n) is 19.5. The molecule has 0 aromatic heterocycles. The predicted molar refractivity (Wildman–Crippen MR) is 141 cm³/mol. The maximum atomic E-state index is 12.9. The topological polar surface area (TPSA) is 77.0 Å². The van der Waals surface area contributed by atoms with Crippen LogP contribution in [0.25, 0.3) is 21.5 Å². The van der Waals surface area contributed by atoms with Crippen molar-refractivity contribution < 1.29 is 19.1 Å². The SMILES string of the molecule is COc1ccc(C(=O)Oc2ccc3ccccc3c2C=NNC(=O)c2cccc3ccccc23)cc1. The Morgan fingerprint density at radius 2 is 1.42 bits per heavy atom. The summed E-state index contributed by atoms with van der Waals surface area (Å²) in [4.78, 5) is 25.7. The first-order valence-electron chi connectivity index (χ1n) is 11.3. The molecular weight excluding hydrogens is 452 g/mol. The fraction of sp³-hybridized carbons (Fsp3) is 0.0333. The Kier molecular flexibility index (Phi) is 6.40. The summed E-state index contributed by atoms with van der Waals surface area (Å²) in [5, 5.41) is 7.80. The number of esters is 1. The zero-order valence-corrected chi connectivity index (χ0v) is 19.5. The number of hydrogen-bond donors (Lipinski definition) is 1. The van der Waals surface area contributed by atoms with E-state index in [0.717, 1.165) is 21.5 Å². The van der Waals surface area contributed by atoms with E-state index in [4.69, 9.17) is 9.47 Å². The molecule has 0 aliphatic rings. The quantitative estimate of drug-likeness (QED) is 0.142. The van der Waals surface area contributed by atoms with Gasteiger partial charge in [-0.05, 0) is 57.9 Å². The number of benzene rings is 5. The summed E-state index contributed by atoms with van der Waals surface area (Å²) in [5.74, 6) is 0.132. The van der Waals surface area contributed by atoms with Crippen LogP contribution in [0, 0.1) is 0 Å². The van der Waals surface area contributed by atoms with Gasteiger partial charge in [-0.3, -0.25) is 4.79 Å². The average Bonchev–Trinajstić information content (AvgIpc) is 2.93. The maximum Gasteiger partial charge on any atom is 0.343 e. The summed E-state index contributed by atoms with van der Waals surface area (Å²) in [6.07, 6.45) is 1.50. The third-order valence-corrected chi connectivity index (χ3v) is 5.85. The molecule has 176 valence electrons. The second-order valence-electron chi connectivity index (χ2n) is 8.04. The van der Waals surface area contributed by atoms with E-state index >= 15 is 0 Å². The Morgan fingerprint density at radius 1 is 0.750 bits per heavy atom. The van der Waals surface area contributed by atoms with Crippen LogP contribution in [-0.2, 0) is 0 Å². The molecule has 0 saturated carbocycles. The minimum atomic E-state index is -0.512. The highest BCUT2D eigenvalue weighted by atomic mass is 16.5. The second-order valence-corrected chi connectivity index (χ2v) is 8.04. The first-order chi connectivity index (χ1) is 17.6. The van der Waals surface area contributed by atoms with Gasteiger partial charge in [-0.25, -0.2) is 10.2 Å². The summed E-state index contributed by atoms with van der Waals surface area (Å²) < 4.78 is 10.9. The smallest absolute Gasteiger partial charge is 0.343 e. The van der Waals surface area contributed by atoms with Crippen molar-refractivity contribution in [1.82, 2.24) is 5.43 Å². The monoisotopic (exact) mass is 474 g/mol. The molecule has 0 atom stereocenters. The van der Waals surface area contributed by atoms with Crippen LogP contribution in [0.2, 0.25) is 0 Å². The van der Waals surface area contributed by atoms with E-state index in [1.807, 2.05) is 66.7 Å². The molecule has 5 aromatic rings. The van der Waals surface area contributed by atoms with Gasteiger partial charge in [-0.1, -0.05) is 66.7 Å². The Morgan fingerprint density at radius 3 is 2.17 bits per heavy atom. The number of carbonyl (C=O) groups is 2. The van der Waals surface area contributed by atoms with E-state index < -0.39 is 5.97 Å². The Hall–Kier alpha value is -4.97. The van der Waals surface area contributed by atoms with E-state index in [2.05, 4.69) is 10.5 Å². The normalized spacial score (nSPS) is 11.0. The van der Waals surface area contributed by atoms with Crippen LogP contribution in [0.15, 0.2) is 108 Å². The number of rotatable bonds is 6. The van der Waals surface area contributed by atoms with Crippen LogP contribution < -0.4 is 14.9 Å². The minimum absolute atomic E-state index is 0.331. The maximum absolute atomic E-state index is 12.9. The van der Waals surface area contributed by atoms with Crippen molar-refractivity contribution in [1.29, 1.82) is 0 Å². The van der Waals surface area contributed by atoms with Crippen LogP contribution in [0.1, 0.15) is 26.3 Å². The van der Waals surface area contributed by atoms with Gasteiger partial charge in [0.15, 0.2) is 0 Å². The van der Waals surface area contributed by atoms with E-state index in [0.29, 0.717) is 28.2 Å². The van der Waals surface area contributed by atoms with E-state index in [-0.39, 0.29) is 5.91 Å². The molecule has 0 fully saturated rings. The Balaban J connectivity index is 1.43. The van der Waals surface area contributed by atoms with E-state index in [1.165, 1.54) is 6.21 Å². The van der Waals surface area contributed by atoms with Crippen molar-refractivity contribution in [2.24, 2.45) is 5.10 Å². The van der Waals surface area contributed by atoms with Crippen LogP contribution in [0.3, 0.4) is 0 Å². The lowest BCUT2D eigenvalue weighted by Crippen LogP contribution is -2.18. The highest BCUT2D eigenvalue weighted by Crippen LogP contribution is 2.28. The molecule has 0 radical (unpaired) electrons. The minimum Gasteiger partial charge on any atom is -0.497 e. The first kappa shape index (κ1) is 22.8. The molecule has 6 heteroatoms. The number of carbonyl (C=O) groups excluding carboxylic acids is 2. The molecule has 0 spiro atoms. The van der Waals surface area contributed by atoms with Crippen molar-refractivity contribution >= 4 is 39.6 Å². The lowest BCUT2D eigenvalue weighted by molar-refractivity contribution is 0.0734. The number of nitrogens with zero attached hydrogens (tertiary/aromatic N) is 1.